The zero-order valence-electron chi connectivity index (χ0n) is 9.04. The minimum absolute atomic E-state index is 0.736. The zero-order valence-corrected chi connectivity index (χ0v) is 9.04. The van der Waals surface area contributed by atoms with E-state index >= 15 is 0 Å². The fourth-order valence-electron chi connectivity index (χ4n) is 1.54. The van der Waals surface area contributed by atoms with E-state index < -0.39 is 0 Å². The Bertz CT molecular complexity index is 617. The Morgan fingerprint density at radius 2 is 1.82 bits per heavy atom. The summed E-state index contributed by atoms with van der Waals surface area (Å²) in [4.78, 5) is 4.13. The lowest BCUT2D eigenvalue weighted by Gasteiger charge is -2.08. The van der Waals surface area contributed by atoms with Gasteiger partial charge >= 0.3 is 0 Å². The van der Waals surface area contributed by atoms with Crippen LogP contribution in [0.4, 0.5) is 11.5 Å². The molecule has 0 saturated heterocycles. The van der Waals surface area contributed by atoms with Crippen LogP contribution in [0.15, 0.2) is 54.9 Å². The quantitative estimate of drug-likeness (QED) is 0.671. The Morgan fingerprint density at radius 3 is 2.71 bits per heavy atom. The van der Waals surface area contributed by atoms with Crippen molar-refractivity contribution in [2.75, 3.05) is 10.9 Å². The van der Waals surface area contributed by atoms with Crippen LogP contribution >= 0.6 is 0 Å². The first kappa shape index (κ1) is 9.65. The van der Waals surface area contributed by atoms with E-state index in [0.29, 0.717) is 0 Å². The van der Waals surface area contributed by atoms with Gasteiger partial charge in [-0.15, -0.1) is 5.10 Å². The van der Waals surface area contributed by atoms with E-state index in [1.807, 2.05) is 48.7 Å². The summed E-state index contributed by atoms with van der Waals surface area (Å²) in [6.07, 6.45) is 3.53. The number of fused-ring (bicyclic) bond motifs is 1. The highest BCUT2D eigenvalue weighted by atomic mass is 15.4. The summed E-state index contributed by atoms with van der Waals surface area (Å²) in [5, 5.41) is 4.33. The molecule has 3 aromatic rings. The Hall–Kier alpha value is -2.56. The van der Waals surface area contributed by atoms with Gasteiger partial charge in [-0.3, -0.25) is 10.9 Å². The molecule has 84 valence electrons. The molecule has 0 aliphatic heterocycles. The van der Waals surface area contributed by atoms with Gasteiger partial charge in [-0.2, -0.15) is 0 Å². The average molecular weight is 225 g/mol. The number of anilines is 2. The number of aromatic nitrogens is 3. The molecule has 0 saturated carbocycles. The Labute approximate surface area is 98.1 Å². The maximum atomic E-state index is 4.33. The number of hydrogen-bond donors (Lipinski definition) is 2. The largest absolute Gasteiger partial charge is 0.300 e. The van der Waals surface area contributed by atoms with Crippen molar-refractivity contribution in [1.29, 1.82) is 0 Å². The molecule has 5 heteroatoms. The van der Waals surface area contributed by atoms with Crippen LogP contribution in [0.25, 0.3) is 5.65 Å². The van der Waals surface area contributed by atoms with Crippen molar-refractivity contribution in [2.24, 2.45) is 0 Å². The molecule has 0 unspecified atom stereocenters. The standard InChI is InChI=1S/C12H11N5/c1-2-4-10(5-3-1)14-15-11-6-7-12-13-8-9-17(12)16-11/h1-9,14H,(H,15,16). The SMILES string of the molecule is c1ccc(NNc2ccc3nccn3n2)cc1. The van der Waals surface area contributed by atoms with E-state index in [1.165, 1.54) is 0 Å². The van der Waals surface area contributed by atoms with Gasteiger partial charge in [-0.05, 0) is 24.3 Å². The number of nitrogens with one attached hydrogen (secondary N) is 2. The molecule has 0 atom stereocenters. The second-order valence-electron chi connectivity index (χ2n) is 3.56. The van der Waals surface area contributed by atoms with Crippen molar-refractivity contribution in [3.05, 3.63) is 54.9 Å². The van der Waals surface area contributed by atoms with Crippen LogP contribution in [0.1, 0.15) is 0 Å². The van der Waals surface area contributed by atoms with E-state index in [2.05, 4.69) is 20.9 Å². The highest BCUT2D eigenvalue weighted by Crippen LogP contribution is 2.08. The molecule has 0 fully saturated rings. The normalized spacial score (nSPS) is 10.4. The predicted octanol–water partition coefficient (Wildman–Crippen LogP) is 2.17. The van der Waals surface area contributed by atoms with Gasteiger partial charge in [0, 0.05) is 12.4 Å². The molecule has 0 aliphatic rings. The van der Waals surface area contributed by atoms with Crippen LogP contribution < -0.4 is 10.9 Å². The number of benzene rings is 1. The molecule has 5 nitrogen and oxygen atoms in total. The molecule has 2 aromatic heterocycles. The summed E-state index contributed by atoms with van der Waals surface area (Å²) in [5.41, 5.74) is 7.92. The van der Waals surface area contributed by atoms with Gasteiger partial charge < -0.3 is 0 Å². The van der Waals surface area contributed by atoms with Gasteiger partial charge in [-0.25, -0.2) is 9.50 Å². The van der Waals surface area contributed by atoms with E-state index in [1.54, 1.807) is 10.7 Å². The summed E-state index contributed by atoms with van der Waals surface area (Å²) in [6.45, 7) is 0. The second-order valence-corrected chi connectivity index (χ2v) is 3.56. The number of rotatable bonds is 3. The van der Waals surface area contributed by atoms with Crippen molar-refractivity contribution < 1.29 is 0 Å². The fourth-order valence-corrected chi connectivity index (χ4v) is 1.54. The first-order valence-corrected chi connectivity index (χ1v) is 5.29. The average Bonchev–Trinajstić information content (AvgIpc) is 2.85. The van der Waals surface area contributed by atoms with Crippen LogP contribution in [0, 0.1) is 0 Å². The highest BCUT2D eigenvalue weighted by molar-refractivity contribution is 5.50. The van der Waals surface area contributed by atoms with Crippen molar-refractivity contribution in [1.82, 2.24) is 14.6 Å². The Morgan fingerprint density at radius 1 is 0.941 bits per heavy atom. The van der Waals surface area contributed by atoms with Crippen LogP contribution in [-0.2, 0) is 0 Å². The third-order valence-corrected chi connectivity index (χ3v) is 2.36. The Balaban J connectivity index is 1.76. The topological polar surface area (TPSA) is 54.2 Å². The molecule has 2 N–H and O–H groups in total. The predicted molar refractivity (Wildman–Crippen MR) is 66.7 cm³/mol. The molecule has 0 radical (unpaired) electrons. The molecule has 0 amide bonds. The maximum absolute atomic E-state index is 4.33. The first-order chi connectivity index (χ1) is 8.42. The highest BCUT2D eigenvalue weighted by Gasteiger charge is 1.97. The molecule has 0 bridgehead atoms. The lowest BCUT2D eigenvalue weighted by Crippen LogP contribution is -2.10. The van der Waals surface area contributed by atoms with Crippen LogP contribution in [0.3, 0.4) is 0 Å². The van der Waals surface area contributed by atoms with Gasteiger partial charge in [0.15, 0.2) is 11.5 Å². The lowest BCUT2D eigenvalue weighted by molar-refractivity contribution is 0.938. The van der Waals surface area contributed by atoms with E-state index in [-0.39, 0.29) is 0 Å². The van der Waals surface area contributed by atoms with E-state index in [9.17, 15) is 0 Å². The Kier molecular flexibility index (Phi) is 2.34. The summed E-state index contributed by atoms with van der Waals surface area (Å²) in [6, 6.07) is 13.6. The fraction of sp³-hybridized carbons (Fsp3) is 0. The minimum atomic E-state index is 0.736. The summed E-state index contributed by atoms with van der Waals surface area (Å²) in [7, 11) is 0. The number of nitrogens with zero attached hydrogens (tertiary/aromatic N) is 3. The van der Waals surface area contributed by atoms with Gasteiger partial charge in [0.05, 0.1) is 5.69 Å². The summed E-state index contributed by atoms with van der Waals surface area (Å²) < 4.78 is 1.72. The summed E-state index contributed by atoms with van der Waals surface area (Å²) >= 11 is 0. The first-order valence-electron chi connectivity index (χ1n) is 5.29. The van der Waals surface area contributed by atoms with Crippen LogP contribution in [0.2, 0.25) is 0 Å². The lowest BCUT2D eigenvalue weighted by atomic mass is 10.3. The number of hydrazine groups is 1. The van der Waals surface area contributed by atoms with Gasteiger partial charge in [0.25, 0.3) is 0 Å². The smallest absolute Gasteiger partial charge is 0.165 e. The maximum Gasteiger partial charge on any atom is 0.165 e. The van der Waals surface area contributed by atoms with Crippen molar-refractivity contribution in [3.63, 3.8) is 0 Å². The molecule has 2 heterocycles. The monoisotopic (exact) mass is 225 g/mol. The van der Waals surface area contributed by atoms with Crippen LogP contribution in [-0.4, -0.2) is 14.6 Å². The van der Waals surface area contributed by atoms with Gasteiger partial charge in [0.1, 0.15) is 0 Å². The second kappa shape index (κ2) is 4.13. The third-order valence-electron chi connectivity index (χ3n) is 2.36. The molecule has 3 rings (SSSR count). The number of para-hydroxylation sites is 1. The zero-order chi connectivity index (χ0) is 11.5. The van der Waals surface area contributed by atoms with Crippen molar-refractivity contribution in [2.45, 2.75) is 0 Å². The number of imidazole rings is 1. The van der Waals surface area contributed by atoms with Gasteiger partial charge in [-0.1, -0.05) is 18.2 Å². The molecule has 0 spiro atoms. The van der Waals surface area contributed by atoms with E-state index in [0.717, 1.165) is 17.2 Å². The van der Waals surface area contributed by atoms with Crippen molar-refractivity contribution in [3.8, 4) is 0 Å². The molecule has 0 aliphatic carbocycles. The molecular weight excluding hydrogens is 214 g/mol. The minimum Gasteiger partial charge on any atom is -0.300 e. The molecule has 1 aromatic carbocycles. The summed E-state index contributed by atoms with van der Waals surface area (Å²) in [5.74, 6) is 0.736. The third kappa shape index (κ3) is 2.03. The molecule has 17 heavy (non-hydrogen) atoms. The van der Waals surface area contributed by atoms with Crippen molar-refractivity contribution >= 4 is 17.2 Å². The van der Waals surface area contributed by atoms with Crippen LogP contribution in [0.5, 0.6) is 0 Å². The van der Waals surface area contributed by atoms with E-state index in [4.69, 9.17) is 0 Å². The number of hydrogen-bond acceptors (Lipinski definition) is 4. The van der Waals surface area contributed by atoms with Gasteiger partial charge in [0.2, 0.25) is 0 Å². The molecular formula is C12H11N5.